The smallest absolute Gasteiger partial charge is 0.310 e. The summed E-state index contributed by atoms with van der Waals surface area (Å²) in [5.74, 6) is -2.37. The van der Waals surface area contributed by atoms with Crippen molar-refractivity contribution in [3.05, 3.63) is 63.0 Å². The van der Waals surface area contributed by atoms with Crippen molar-refractivity contribution in [2.75, 3.05) is 6.61 Å². The maximum absolute atomic E-state index is 14.1. The Morgan fingerprint density at radius 2 is 1.90 bits per heavy atom. The van der Waals surface area contributed by atoms with E-state index < -0.39 is 23.4 Å². The summed E-state index contributed by atoms with van der Waals surface area (Å²) >= 11 is 12.0. The molecule has 0 atom stereocenters. The number of unbranched alkanes of at least 4 members (excludes halogenated alkanes) is 1. The molecule has 0 amide bonds. The highest BCUT2D eigenvalue weighted by atomic mass is 35.5. The minimum Gasteiger partial charge on any atom is -0.505 e. The van der Waals surface area contributed by atoms with E-state index >= 15 is 0 Å². The number of esters is 1. The molecule has 30 heavy (non-hydrogen) atoms. The number of carbonyl (C=O) groups is 2. The molecule has 0 fully saturated rings. The average molecular weight is 452 g/mol. The number of fused-ring (bicyclic) bond motifs is 1. The van der Waals surface area contributed by atoms with Crippen LogP contribution in [0.15, 0.2) is 30.3 Å². The first-order valence-electron chi connectivity index (χ1n) is 9.42. The van der Waals surface area contributed by atoms with Crippen molar-refractivity contribution < 1.29 is 23.8 Å². The Labute approximate surface area is 183 Å². The zero-order valence-corrected chi connectivity index (χ0v) is 18.0. The van der Waals surface area contributed by atoms with Crippen molar-refractivity contribution in [3.8, 4) is 5.75 Å². The minimum atomic E-state index is -0.875. The minimum absolute atomic E-state index is 0.112. The summed E-state index contributed by atoms with van der Waals surface area (Å²) in [5, 5.41) is 10.8. The first kappa shape index (κ1) is 22.1. The van der Waals surface area contributed by atoms with Gasteiger partial charge in [0.05, 0.1) is 28.6 Å². The largest absolute Gasteiger partial charge is 0.505 e. The van der Waals surface area contributed by atoms with Gasteiger partial charge in [-0.3, -0.25) is 14.2 Å². The van der Waals surface area contributed by atoms with Gasteiger partial charge >= 0.3 is 5.97 Å². The van der Waals surface area contributed by atoms with Gasteiger partial charge in [0, 0.05) is 22.7 Å². The van der Waals surface area contributed by atoms with Gasteiger partial charge in [-0.1, -0.05) is 36.5 Å². The van der Waals surface area contributed by atoms with Crippen molar-refractivity contribution in [3.63, 3.8) is 0 Å². The lowest BCUT2D eigenvalue weighted by Gasteiger charge is -2.09. The van der Waals surface area contributed by atoms with E-state index in [1.807, 2.05) is 6.92 Å². The molecule has 0 aliphatic rings. The molecular weight excluding hydrogens is 432 g/mol. The van der Waals surface area contributed by atoms with Gasteiger partial charge in [0.15, 0.2) is 11.6 Å². The highest BCUT2D eigenvalue weighted by Gasteiger charge is 2.24. The summed E-state index contributed by atoms with van der Waals surface area (Å²) in [4.78, 5) is 25.5. The van der Waals surface area contributed by atoms with E-state index in [1.165, 1.54) is 28.8 Å². The molecule has 0 spiro atoms. The fraction of sp³-hybridized carbons (Fsp3) is 0.273. The Hall–Kier alpha value is -2.57. The number of phenolic OH excluding ortho intramolecular Hbond substituents is 1. The molecule has 3 rings (SSSR count). The standard InChI is InChI=1S/C22H20Cl2FNO4/c1-3-4-7-30-21(28)10-14-12(2)26(19-11-18(25)20(27)9-15(14)19)22(29)13-5-6-16(23)17(24)8-13/h5-6,8-9,11,27H,3-4,7,10H2,1-2H3. The number of hydrogen-bond acceptors (Lipinski definition) is 4. The molecule has 0 unspecified atom stereocenters. The molecule has 2 aromatic carbocycles. The van der Waals surface area contributed by atoms with Crippen LogP contribution in [0.4, 0.5) is 4.39 Å². The Morgan fingerprint density at radius 1 is 1.17 bits per heavy atom. The SMILES string of the molecule is CCCCOC(=O)Cc1c(C)n(C(=O)c2ccc(Cl)c(Cl)c2)c2cc(F)c(O)cc12. The third-order valence-corrected chi connectivity index (χ3v) is 5.59. The molecule has 0 radical (unpaired) electrons. The van der Waals surface area contributed by atoms with Gasteiger partial charge in [0.2, 0.25) is 0 Å². The predicted octanol–water partition coefficient (Wildman–Crippen LogP) is 5.68. The van der Waals surface area contributed by atoms with Crippen LogP contribution in [0, 0.1) is 12.7 Å². The average Bonchev–Trinajstić information content (AvgIpc) is 2.95. The Morgan fingerprint density at radius 3 is 2.57 bits per heavy atom. The number of benzene rings is 2. The van der Waals surface area contributed by atoms with Gasteiger partial charge in [0.25, 0.3) is 5.91 Å². The van der Waals surface area contributed by atoms with E-state index in [0.29, 0.717) is 28.3 Å². The second-order valence-electron chi connectivity index (χ2n) is 6.90. The second-order valence-corrected chi connectivity index (χ2v) is 7.72. The van der Waals surface area contributed by atoms with E-state index in [4.69, 9.17) is 27.9 Å². The maximum Gasteiger partial charge on any atom is 0.310 e. The molecule has 158 valence electrons. The summed E-state index contributed by atoms with van der Waals surface area (Å²) < 4.78 is 20.6. The molecule has 1 N–H and O–H groups in total. The van der Waals surface area contributed by atoms with Crippen molar-refractivity contribution in [1.82, 2.24) is 4.57 Å². The van der Waals surface area contributed by atoms with Gasteiger partial charge in [0.1, 0.15) is 0 Å². The van der Waals surface area contributed by atoms with E-state index in [-0.39, 0.29) is 22.5 Å². The quantitative estimate of drug-likeness (QED) is 0.386. The van der Waals surface area contributed by atoms with Crippen LogP contribution in [0.5, 0.6) is 5.75 Å². The molecule has 1 heterocycles. The molecule has 0 bridgehead atoms. The Balaban J connectivity index is 2.11. The number of aromatic hydroxyl groups is 1. The van der Waals surface area contributed by atoms with Crippen LogP contribution < -0.4 is 0 Å². The molecule has 0 aliphatic heterocycles. The second kappa shape index (κ2) is 9.06. The number of ether oxygens (including phenoxy) is 1. The molecule has 0 aliphatic carbocycles. The number of rotatable bonds is 6. The van der Waals surface area contributed by atoms with Gasteiger partial charge in [-0.25, -0.2) is 4.39 Å². The van der Waals surface area contributed by atoms with E-state index in [1.54, 1.807) is 6.92 Å². The molecule has 5 nitrogen and oxygen atoms in total. The van der Waals surface area contributed by atoms with Crippen LogP contribution in [0.1, 0.15) is 41.4 Å². The number of hydrogen-bond donors (Lipinski definition) is 1. The zero-order valence-electron chi connectivity index (χ0n) is 16.5. The molecule has 8 heteroatoms. The number of nitrogens with zero attached hydrogens (tertiary/aromatic N) is 1. The Kier molecular flexibility index (Phi) is 6.68. The third kappa shape index (κ3) is 4.30. The van der Waals surface area contributed by atoms with Crippen molar-refractivity contribution >= 4 is 46.0 Å². The van der Waals surface area contributed by atoms with E-state index in [0.717, 1.165) is 18.9 Å². The number of halogens is 3. The lowest BCUT2D eigenvalue weighted by atomic mass is 10.1. The van der Waals surface area contributed by atoms with Gasteiger partial charge in [-0.15, -0.1) is 0 Å². The van der Waals surface area contributed by atoms with Crippen LogP contribution in [0.3, 0.4) is 0 Å². The molecule has 0 saturated heterocycles. The lowest BCUT2D eigenvalue weighted by Crippen LogP contribution is -2.15. The normalized spacial score (nSPS) is 11.1. The first-order valence-corrected chi connectivity index (χ1v) is 10.2. The van der Waals surface area contributed by atoms with Gasteiger partial charge in [-0.05, 0) is 43.2 Å². The monoisotopic (exact) mass is 451 g/mol. The summed E-state index contributed by atoms with van der Waals surface area (Å²) in [6.45, 7) is 3.94. The van der Waals surface area contributed by atoms with Crippen molar-refractivity contribution in [1.29, 1.82) is 0 Å². The van der Waals surface area contributed by atoms with Crippen LogP contribution in [-0.2, 0) is 16.0 Å². The van der Waals surface area contributed by atoms with Crippen LogP contribution in [-0.4, -0.2) is 28.2 Å². The first-order chi connectivity index (χ1) is 14.2. The van der Waals surface area contributed by atoms with E-state index in [9.17, 15) is 19.1 Å². The third-order valence-electron chi connectivity index (χ3n) is 4.86. The topological polar surface area (TPSA) is 68.5 Å². The predicted molar refractivity (Wildman–Crippen MR) is 114 cm³/mol. The summed E-state index contributed by atoms with van der Waals surface area (Å²) in [5.41, 5.74) is 1.40. The van der Waals surface area contributed by atoms with Gasteiger partial charge < -0.3 is 9.84 Å². The summed E-state index contributed by atoms with van der Waals surface area (Å²) in [6, 6.07) is 6.71. The highest BCUT2D eigenvalue weighted by molar-refractivity contribution is 6.42. The molecule has 3 aromatic rings. The fourth-order valence-corrected chi connectivity index (χ4v) is 3.56. The lowest BCUT2D eigenvalue weighted by molar-refractivity contribution is -0.142. The molecule has 1 aromatic heterocycles. The summed E-state index contributed by atoms with van der Waals surface area (Å²) in [7, 11) is 0. The van der Waals surface area contributed by atoms with Crippen LogP contribution >= 0.6 is 23.2 Å². The summed E-state index contributed by atoms with van der Waals surface area (Å²) in [6.07, 6.45) is 1.52. The Bertz CT molecular complexity index is 1140. The van der Waals surface area contributed by atoms with Crippen molar-refractivity contribution in [2.24, 2.45) is 0 Å². The van der Waals surface area contributed by atoms with Gasteiger partial charge in [-0.2, -0.15) is 0 Å². The molecular formula is C22H20Cl2FNO4. The van der Waals surface area contributed by atoms with Crippen LogP contribution in [0.25, 0.3) is 10.9 Å². The fourth-order valence-electron chi connectivity index (χ4n) is 3.26. The maximum atomic E-state index is 14.1. The molecule has 0 saturated carbocycles. The number of carbonyl (C=O) groups excluding carboxylic acids is 2. The number of phenols is 1. The number of aromatic nitrogens is 1. The van der Waals surface area contributed by atoms with E-state index in [2.05, 4.69) is 0 Å². The van der Waals surface area contributed by atoms with Crippen molar-refractivity contribution in [2.45, 2.75) is 33.1 Å². The van der Waals surface area contributed by atoms with Crippen LogP contribution in [0.2, 0.25) is 10.0 Å². The zero-order chi connectivity index (χ0) is 22.0. The highest BCUT2D eigenvalue weighted by Crippen LogP contribution is 2.33.